The molecule has 1 aromatic rings. The van der Waals surface area contributed by atoms with Crippen LogP contribution in [0.1, 0.15) is 31.7 Å². The molecule has 1 aliphatic rings. The van der Waals surface area contributed by atoms with Crippen LogP contribution in [0.5, 0.6) is 0 Å². The monoisotopic (exact) mass is 374 g/mol. The number of hydrogen-bond acceptors (Lipinski definition) is 2. The Kier molecular flexibility index (Phi) is 8.30. The summed E-state index contributed by atoms with van der Waals surface area (Å²) in [5, 5.41) is 6.26. The Morgan fingerprint density at radius 3 is 2.62 bits per heavy atom. The number of carbonyl (C=O) groups excluding carboxylic acids is 1. The van der Waals surface area contributed by atoms with Crippen molar-refractivity contribution >= 4 is 34.2 Å². The van der Waals surface area contributed by atoms with Crippen LogP contribution in [0.2, 0.25) is 0 Å². The molecule has 3 nitrogen and oxygen atoms in total. The van der Waals surface area contributed by atoms with E-state index < -0.39 is 0 Å². The predicted octanol–water partition coefficient (Wildman–Crippen LogP) is 3.31. The molecule has 0 aliphatic heterocycles. The first-order valence-electron chi connectivity index (χ1n) is 7.38. The Balaban J connectivity index is 0.00000220. The summed E-state index contributed by atoms with van der Waals surface area (Å²) >= 11 is 3.43. The van der Waals surface area contributed by atoms with Gasteiger partial charge in [0.15, 0.2) is 0 Å². The Hall–Kier alpha value is -0.580. The molecule has 0 heterocycles. The zero-order chi connectivity index (χ0) is 14.4. The van der Waals surface area contributed by atoms with Gasteiger partial charge >= 0.3 is 0 Å². The van der Waals surface area contributed by atoms with Crippen LogP contribution in [0.15, 0.2) is 28.7 Å². The van der Waals surface area contributed by atoms with E-state index in [2.05, 4.69) is 57.8 Å². The lowest BCUT2D eigenvalue weighted by Crippen LogP contribution is -2.39. The molecule has 1 amide bonds. The minimum Gasteiger partial charge on any atom is -0.353 e. The average Bonchev–Trinajstić information content (AvgIpc) is 3.22. The molecule has 0 spiro atoms. The summed E-state index contributed by atoms with van der Waals surface area (Å²) in [4.78, 5) is 11.7. The highest BCUT2D eigenvalue weighted by atomic mass is 79.9. The van der Waals surface area contributed by atoms with Crippen molar-refractivity contribution in [3.05, 3.63) is 34.3 Å². The first-order valence-corrected chi connectivity index (χ1v) is 8.17. The summed E-state index contributed by atoms with van der Waals surface area (Å²) in [5.74, 6) is 0.923. The second-order valence-electron chi connectivity index (χ2n) is 5.71. The molecule has 1 atom stereocenters. The van der Waals surface area contributed by atoms with Crippen LogP contribution in [0.4, 0.5) is 0 Å². The lowest BCUT2D eigenvalue weighted by atomic mass is 10.1. The molecule has 0 saturated heterocycles. The van der Waals surface area contributed by atoms with E-state index in [1.54, 1.807) is 0 Å². The van der Waals surface area contributed by atoms with Gasteiger partial charge in [-0.05, 0) is 62.8 Å². The molecule has 0 radical (unpaired) electrons. The smallest absolute Gasteiger partial charge is 0.234 e. The fourth-order valence-corrected chi connectivity index (χ4v) is 2.41. The Morgan fingerprint density at radius 2 is 2.00 bits per heavy atom. The van der Waals surface area contributed by atoms with Gasteiger partial charge in [0.1, 0.15) is 0 Å². The number of halogens is 2. The van der Waals surface area contributed by atoms with Crippen LogP contribution in [0, 0.1) is 5.92 Å². The van der Waals surface area contributed by atoms with Crippen molar-refractivity contribution in [2.75, 3.05) is 13.1 Å². The quantitative estimate of drug-likeness (QED) is 0.732. The normalized spacial score (nSPS) is 15.1. The number of benzene rings is 1. The fourth-order valence-electron chi connectivity index (χ4n) is 2.14. The van der Waals surface area contributed by atoms with Gasteiger partial charge in [0, 0.05) is 10.5 Å². The van der Waals surface area contributed by atoms with E-state index >= 15 is 0 Å². The van der Waals surface area contributed by atoms with Crippen molar-refractivity contribution in [2.45, 2.75) is 38.6 Å². The van der Waals surface area contributed by atoms with Crippen molar-refractivity contribution in [3.8, 4) is 0 Å². The molecule has 21 heavy (non-hydrogen) atoms. The topological polar surface area (TPSA) is 41.1 Å². The first-order chi connectivity index (χ1) is 9.63. The summed E-state index contributed by atoms with van der Waals surface area (Å²) in [5.41, 5.74) is 1.31. The maximum Gasteiger partial charge on any atom is 0.234 e. The molecule has 1 saturated carbocycles. The standard InChI is InChI=1S/C16H23BrN2O.ClH/c1-12(2-3-13-6-8-15(17)9-7-13)19-16(20)11-18-10-14-4-5-14;/h6-9,12,14,18H,2-5,10-11H2,1H3,(H,19,20);1H. The summed E-state index contributed by atoms with van der Waals surface area (Å²) in [6.07, 6.45) is 4.59. The molecular formula is C16H24BrClN2O. The number of aryl methyl sites for hydroxylation is 1. The molecule has 1 aromatic carbocycles. The molecular weight excluding hydrogens is 352 g/mol. The average molecular weight is 376 g/mol. The lowest BCUT2D eigenvalue weighted by molar-refractivity contribution is -0.120. The second-order valence-corrected chi connectivity index (χ2v) is 6.62. The van der Waals surface area contributed by atoms with Gasteiger partial charge in [-0.2, -0.15) is 0 Å². The van der Waals surface area contributed by atoms with E-state index in [0.717, 1.165) is 29.8 Å². The van der Waals surface area contributed by atoms with Gasteiger partial charge in [-0.25, -0.2) is 0 Å². The highest BCUT2D eigenvalue weighted by Crippen LogP contribution is 2.27. The molecule has 118 valence electrons. The molecule has 5 heteroatoms. The van der Waals surface area contributed by atoms with Gasteiger partial charge in [0.2, 0.25) is 5.91 Å². The van der Waals surface area contributed by atoms with Crippen molar-refractivity contribution in [1.82, 2.24) is 10.6 Å². The van der Waals surface area contributed by atoms with Crippen LogP contribution >= 0.6 is 28.3 Å². The number of carbonyl (C=O) groups is 1. The maximum absolute atomic E-state index is 11.7. The number of hydrogen-bond donors (Lipinski definition) is 2. The number of amides is 1. The number of nitrogens with one attached hydrogen (secondary N) is 2. The van der Waals surface area contributed by atoms with Gasteiger partial charge in [0.25, 0.3) is 0 Å². The van der Waals surface area contributed by atoms with Crippen molar-refractivity contribution < 1.29 is 4.79 Å². The third kappa shape index (κ3) is 7.84. The van der Waals surface area contributed by atoms with E-state index in [4.69, 9.17) is 0 Å². The predicted molar refractivity (Wildman–Crippen MR) is 92.9 cm³/mol. The van der Waals surface area contributed by atoms with Crippen LogP contribution in [0.25, 0.3) is 0 Å². The molecule has 1 aliphatic carbocycles. The van der Waals surface area contributed by atoms with Gasteiger partial charge in [-0.1, -0.05) is 28.1 Å². The molecule has 0 bridgehead atoms. The fraction of sp³-hybridized carbons (Fsp3) is 0.562. The molecule has 2 rings (SSSR count). The summed E-state index contributed by atoms with van der Waals surface area (Å²) in [6, 6.07) is 8.57. The van der Waals surface area contributed by atoms with Gasteiger partial charge in [-0.15, -0.1) is 12.4 Å². The summed E-state index contributed by atoms with van der Waals surface area (Å²) in [6.45, 7) is 3.50. The largest absolute Gasteiger partial charge is 0.353 e. The zero-order valence-electron chi connectivity index (χ0n) is 12.4. The van der Waals surface area contributed by atoms with E-state index in [0.29, 0.717) is 6.54 Å². The van der Waals surface area contributed by atoms with Gasteiger partial charge in [-0.3, -0.25) is 4.79 Å². The Bertz CT molecular complexity index is 434. The Morgan fingerprint density at radius 1 is 1.33 bits per heavy atom. The summed E-state index contributed by atoms with van der Waals surface area (Å²) in [7, 11) is 0. The van der Waals surface area contributed by atoms with Gasteiger partial charge in [0.05, 0.1) is 6.54 Å². The zero-order valence-corrected chi connectivity index (χ0v) is 14.8. The van der Waals surface area contributed by atoms with E-state index in [1.807, 2.05) is 0 Å². The second kappa shape index (κ2) is 9.44. The molecule has 2 N–H and O–H groups in total. The van der Waals surface area contributed by atoms with Gasteiger partial charge < -0.3 is 10.6 Å². The SMILES string of the molecule is CC(CCc1ccc(Br)cc1)NC(=O)CNCC1CC1.Cl. The lowest BCUT2D eigenvalue weighted by Gasteiger charge is -2.14. The maximum atomic E-state index is 11.7. The highest BCUT2D eigenvalue weighted by molar-refractivity contribution is 9.10. The van der Waals surface area contributed by atoms with E-state index in [9.17, 15) is 4.79 Å². The third-order valence-corrected chi connectivity index (χ3v) is 4.13. The van der Waals surface area contributed by atoms with Crippen LogP contribution < -0.4 is 10.6 Å². The van der Waals surface area contributed by atoms with E-state index in [1.165, 1.54) is 18.4 Å². The highest BCUT2D eigenvalue weighted by Gasteiger charge is 2.20. The Labute approximate surface area is 141 Å². The molecule has 1 unspecified atom stereocenters. The minimum absolute atomic E-state index is 0. The van der Waals surface area contributed by atoms with Crippen LogP contribution in [0.3, 0.4) is 0 Å². The van der Waals surface area contributed by atoms with Crippen LogP contribution in [-0.4, -0.2) is 25.0 Å². The van der Waals surface area contributed by atoms with E-state index in [-0.39, 0.29) is 24.4 Å². The summed E-state index contributed by atoms with van der Waals surface area (Å²) < 4.78 is 1.10. The van der Waals surface area contributed by atoms with Crippen molar-refractivity contribution in [1.29, 1.82) is 0 Å². The minimum atomic E-state index is 0. The molecule has 0 aromatic heterocycles. The number of rotatable bonds is 8. The first kappa shape index (κ1) is 18.5. The van der Waals surface area contributed by atoms with Crippen LogP contribution in [-0.2, 0) is 11.2 Å². The third-order valence-electron chi connectivity index (χ3n) is 3.60. The van der Waals surface area contributed by atoms with Crippen molar-refractivity contribution in [2.24, 2.45) is 5.92 Å². The molecule has 1 fully saturated rings. The van der Waals surface area contributed by atoms with Crippen molar-refractivity contribution in [3.63, 3.8) is 0 Å².